The third-order valence-electron chi connectivity index (χ3n) is 4.69. The first kappa shape index (κ1) is 26.2. The number of hydrogen-bond acceptors (Lipinski definition) is 8. The lowest BCUT2D eigenvalue weighted by molar-refractivity contribution is -0.145. The number of aliphatic carboxylic acids is 1. The van der Waals surface area contributed by atoms with Gasteiger partial charge in [0.15, 0.2) is 0 Å². The Morgan fingerprint density at radius 1 is 1.06 bits per heavy atom. The molecule has 174 valence electrons. The Hall–Kier alpha value is -2.87. The summed E-state index contributed by atoms with van der Waals surface area (Å²) in [6.45, 7) is 0.152. The second kappa shape index (κ2) is 12.1. The number of nitrogens with zero attached hydrogens (tertiary/aromatic N) is 1. The molecule has 4 unspecified atom stereocenters. The second-order valence-corrected chi connectivity index (χ2v) is 7.48. The maximum atomic E-state index is 13.0. The summed E-state index contributed by atoms with van der Waals surface area (Å²) >= 11 is 3.90. The molecule has 1 rings (SSSR count). The van der Waals surface area contributed by atoms with Gasteiger partial charge in [0.05, 0.1) is 12.5 Å². The Morgan fingerprint density at radius 2 is 1.71 bits per heavy atom. The van der Waals surface area contributed by atoms with Crippen LogP contribution in [0.4, 0.5) is 0 Å². The fraction of sp³-hybridized carbons (Fsp3) is 0.647. The number of rotatable bonds is 12. The molecule has 5 amide bonds. The van der Waals surface area contributed by atoms with Crippen LogP contribution in [0.2, 0.25) is 0 Å². The van der Waals surface area contributed by atoms with E-state index in [0.717, 1.165) is 4.90 Å². The van der Waals surface area contributed by atoms with Gasteiger partial charge in [-0.05, 0) is 19.3 Å². The molecule has 1 aliphatic heterocycles. The van der Waals surface area contributed by atoms with E-state index in [1.165, 1.54) is 0 Å². The number of nitrogens with one attached hydrogen (secondary N) is 2. The molecule has 1 aliphatic rings. The van der Waals surface area contributed by atoms with E-state index in [1.54, 1.807) is 0 Å². The fourth-order valence-corrected chi connectivity index (χ4v) is 3.24. The molecule has 0 aromatic heterocycles. The van der Waals surface area contributed by atoms with Crippen molar-refractivity contribution in [2.75, 3.05) is 12.3 Å². The highest BCUT2D eigenvalue weighted by atomic mass is 32.1. The molecule has 9 N–H and O–H groups in total. The van der Waals surface area contributed by atoms with Crippen molar-refractivity contribution < 1.29 is 33.9 Å². The van der Waals surface area contributed by atoms with Crippen LogP contribution >= 0.6 is 12.6 Å². The number of hydrogen-bond donors (Lipinski definition) is 7. The van der Waals surface area contributed by atoms with Gasteiger partial charge in [0.25, 0.3) is 0 Å². The Morgan fingerprint density at radius 3 is 2.23 bits per heavy atom. The lowest BCUT2D eigenvalue weighted by Crippen LogP contribution is -2.57. The van der Waals surface area contributed by atoms with Crippen molar-refractivity contribution in [3.8, 4) is 0 Å². The zero-order valence-corrected chi connectivity index (χ0v) is 17.7. The summed E-state index contributed by atoms with van der Waals surface area (Å²) in [4.78, 5) is 72.5. The Balaban J connectivity index is 2.94. The van der Waals surface area contributed by atoms with Crippen LogP contribution in [0.3, 0.4) is 0 Å². The van der Waals surface area contributed by atoms with Crippen molar-refractivity contribution in [2.45, 2.75) is 56.3 Å². The molecular formula is C17H28N6O7S. The number of likely N-dealkylation sites (tertiary alicyclic amines) is 1. The van der Waals surface area contributed by atoms with Gasteiger partial charge in [0.2, 0.25) is 29.5 Å². The van der Waals surface area contributed by atoms with Crippen molar-refractivity contribution in [3.63, 3.8) is 0 Å². The van der Waals surface area contributed by atoms with E-state index >= 15 is 0 Å². The standard InChI is InChI=1S/C17H28N6O7S/c18-8(7-31)14(26)22-10(6-13(20)25)16(28)23-5-1-2-11(23)15(27)21-9(17(29)30)3-4-12(19)24/h8-11,31H,1-7,18H2,(H2,19,24)(H2,20,25)(H,21,27)(H,22,26)(H,29,30). The molecule has 1 saturated heterocycles. The maximum absolute atomic E-state index is 13.0. The maximum Gasteiger partial charge on any atom is 0.326 e. The lowest BCUT2D eigenvalue weighted by Gasteiger charge is -2.29. The second-order valence-electron chi connectivity index (χ2n) is 7.11. The average Bonchev–Trinajstić information content (AvgIpc) is 3.18. The molecular weight excluding hydrogens is 432 g/mol. The SMILES string of the molecule is NC(=O)CCC(NC(=O)C1CCCN1C(=O)C(CC(N)=O)NC(=O)C(N)CS)C(=O)O. The van der Waals surface area contributed by atoms with Crippen LogP contribution in [-0.2, 0) is 28.8 Å². The number of carboxylic acids is 1. The predicted octanol–water partition coefficient (Wildman–Crippen LogP) is -3.57. The summed E-state index contributed by atoms with van der Waals surface area (Å²) in [6.07, 6.45) is -0.282. The quantitative estimate of drug-likeness (QED) is 0.144. The molecule has 0 aromatic carbocycles. The molecule has 0 saturated carbocycles. The Bertz CT molecular complexity index is 734. The minimum atomic E-state index is -1.37. The lowest BCUT2D eigenvalue weighted by atomic mass is 10.1. The minimum absolute atomic E-state index is 0.0000594. The number of amides is 5. The number of carbonyl (C=O) groups excluding carboxylic acids is 5. The molecule has 0 spiro atoms. The highest BCUT2D eigenvalue weighted by Crippen LogP contribution is 2.20. The number of primary amides is 2. The summed E-state index contributed by atoms with van der Waals surface area (Å²) in [6, 6.07) is -4.75. The monoisotopic (exact) mass is 460 g/mol. The van der Waals surface area contributed by atoms with Crippen molar-refractivity contribution in [2.24, 2.45) is 17.2 Å². The van der Waals surface area contributed by atoms with Crippen molar-refractivity contribution in [1.29, 1.82) is 0 Å². The molecule has 14 heteroatoms. The van der Waals surface area contributed by atoms with Gasteiger partial charge in [-0.3, -0.25) is 24.0 Å². The highest BCUT2D eigenvalue weighted by Gasteiger charge is 2.39. The molecule has 13 nitrogen and oxygen atoms in total. The molecule has 1 fully saturated rings. The van der Waals surface area contributed by atoms with Gasteiger partial charge in [0, 0.05) is 18.7 Å². The largest absolute Gasteiger partial charge is 0.480 e. The third kappa shape index (κ3) is 8.05. The van der Waals surface area contributed by atoms with Crippen molar-refractivity contribution >= 4 is 48.1 Å². The Kier molecular flexibility index (Phi) is 10.2. The summed E-state index contributed by atoms with van der Waals surface area (Å²) in [5.74, 6) is -5.10. The van der Waals surface area contributed by atoms with E-state index in [-0.39, 0.29) is 31.6 Å². The number of carbonyl (C=O) groups is 6. The van der Waals surface area contributed by atoms with Gasteiger partial charge in [-0.1, -0.05) is 0 Å². The van der Waals surface area contributed by atoms with Crippen LogP contribution < -0.4 is 27.8 Å². The van der Waals surface area contributed by atoms with E-state index in [0.29, 0.717) is 6.42 Å². The number of thiol groups is 1. The van der Waals surface area contributed by atoms with E-state index < -0.39 is 66.1 Å². The van der Waals surface area contributed by atoms with Gasteiger partial charge in [-0.15, -0.1) is 0 Å². The van der Waals surface area contributed by atoms with Crippen LogP contribution in [0.15, 0.2) is 0 Å². The minimum Gasteiger partial charge on any atom is -0.480 e. The Labute approximate surface area is 183 Å². The van der Waals surface area contributed by atoms with E-state index in [4.69, 9.17) is 17.2 Å². The molecule has 0 aliphatic carbocycles. The molecule has 0 radical (unpaired) electrons. The topological polar surface area (TPSA) is 228 Å². The zero-order valence-electron chi connectivity index (χ0n) is 16.8. The summed E-state index contributed by atoms with van der Waals surface area (Å²) in [7, 11) is 0. The van der Waals surface area contributed by atoms with Gasteiger partial charge in [0.1, 0.15) is 18.1 Å². The van der Waals surface area contributed by atoms with E-state index in [2.05, 4.69) is 23.3 Å². The zero-order chi connectivity index (χ0) is 23.7. The predicted molar refractivity (Wildman–Crippen MR) is 110 cm³/mol. The van der Waals surface area contributed by atoms with E-state index in [1.807, 2.05) is 0 Å². The van der Waals surface area contributed by atoms with Crippen LogP contribution in [0.25, 0.3) is 0 Å². The van der Waals surface area contributed by atoms with Crippen LogP contribution in [-0.4, -0.2) is 82.0 Å². The number of carboxylic acid groups (broad SMARTS) is 1. The van der Waals surface area contributed by atoms with Crippen LogP contribution in [0.5, 0.6) is 0 Å². The number of nitrogens with two attached hydrogens (primary N) is 3. The first-order chi connectivity index (χ1) is 14.5. The molecule has 0 aromatic rings. The first-order valence-electron chi connectivity index (χ1n) is 9.55. The van der Waals surface area contributed by atoms with Gasteiger partial charge in [-0.2, -0.15) is 12.6 Å². The van der Waals surface area contributed by atoms with Crippen molar-refractivity contribution in [1.82, 2.24) is 15.5 Å². The molecule has 4 atom stereocenters. The molecule has 0 bridgehead atoms. The van der Waals surface area contributed by atoms with Gasteiger partial charge in [-0.25, -0.2) is 4.79 Å². The third-order valence-corrected chi connectivity index (χ3v) is 5.08. The van der Waals surface area contributed by atoms with Gasteiger partial charge < -0.3 is 37.8 Å². The smallest absolute Gasteiger partial charge is 0.326 e. The van der Waals surface area contributed by atoms with E-state index in [9.17, 15) is 33.9 Å². The fourth-order valence-electron chi connectivity index (χ4n) is 3.08. The van der Waals surface area contributed by atoms with Crippen LogP contribution in [0, 0.1) is 0 Å². The molecule has 1 heterocycles. The summed E-state index contributed by atoms with van der Waals surface area (Å²) in [5.41, 5.74) is 15.8. The average molecular weight is 461 g/mol. The van der Waals surface area contributed by atoms with Crippen molar-refractivity contribution in [3.05, 3.63) is 0 Å². The molecule has 31 heavy (non-hydrogen) atoms. The van der Waals surface area contributed by atoms with Crippen LogP contribution in [0.1, 0.15) is 32.1 Å². The normalized spacial score (nSPS) is 18.5. The van der Waals surface area contributed by atoms with Gasteiger partial charge >= 0.3 is 5.97 Å². The highest BCUT2D eigenvalue weighted by molar-refractivity contribution is 7.80. The summed E-state index contributed by atoms with van der Waals surface area (Å²) in [5, 5.41) is 13.9. The summed E-state index contributed by atoms with van der Waals surface area (Å²) < 4.78 is 0. The first-order valence-corrected chi connectivity index (χ1v) is 10.2.